The van der Waals surface area contributed by atoms with Crippen LogP contribution in [0, 0.1) is 0 Å². The maximum Gasteiger partial charge on any atom is 0.224 e. The lowest BCUT2D eigenvalue weighted by atomic mass is 10.1. The highest BCUT2D eigenvalue weighted by Crippen LogP contribution is 2.26. The summed E-state index contributed by atoms with van der Waals surface area (Å²) in [6.07, 6.45) is 3.26. The van der Waals surface area contributed by atoms with E-state index in [0.717, 1.165) is 36.3 Å². The first-order valence-corrected chi connectivity index (χ1v) is 7.38. The third-order valence-electron chi connectivity index (χ3n) is 2.94. The smallest absolute Gasteiger partial charge is 0.224 e. The van der Waals surface area contributed by atoms with E-state index in [-0.39, 0.29) is 11.9 Å². The molecule has 0 fully saturated rings. The molecule has 1 aromatic carbocycles. The highest BCUT2D eigenvalue weighted by Gasteiger charge is 2.09. The number of carbonyl (C=O) groups is 1. The quantitative estimate of drug-likeness (QED) is 0.768. The summed E-state index contributed by atoms with van der Waals surface area (Å²) < 4.78 is 5.61. The molecule has 112 valence electrons. The zero-order chi connectivity index (χ0) is 15.0. The topological polar surface area (TPSA) is 64.4 Å². The zero-order valence-corrected chi connectivity index (χ0v) is 12.7. The molecule has 4 heteroatoms. The normalized spacial score (nSPS) is 12.0. The van der Waals surface area contributed by atoms with E-state index in [1.54, 1.807) is 0 Å². The summed E-state index contributed by atoms with van der Waals surface area (Å²) in [5, 5.41) is 2.92. The summed E-state index contributed by atoms with van der Waals surface area (Å²) in [6.45, 7) is 6.54. The molecule has 0 spiro atoms. The van der Waals surface area contributed by atoms with Gasteiger partial charge in [-0.25, -0.2) is 0 Å². The molecule has 4 nitrogen and oxygen atoms in total. The number of rotatable bonds is 8. The first kappa shape index (κ1) is 16.5. The Kier molecular flexibility index (Phi) is 7.09. The number of ether oxygens (including phenoxy) is 1. The van der Waals surface area contributed by atoms with Crippen molar-refractivity contribution in [1.82, 2.24) is 0 Å². The van der Waals surface area contributed by atoms with E-state index in [9.17, 15) is 4.79 Å². The van der Waals surface area contributed by atoms with Crippen LogP contribution in [0.15, 0.2) is 18.2 Å². The van der Waals surface area contributed by atoms with E-state index in [1.807, 2.05) is 32.0 Å². The zero-order valence-electron chi connectivity index (χ0n) is 12.7. The molecule has 1 atom stereocenters. The van der Waals surface area contributed by atoms with Crippen LogP contribution in [0.25, 0.3) is 0 Å². The van der Waals surface area contributed by atoms with E-state index in [1.165, 1.54) is 0 Å². The van der Waals surface area contributed by atoms with Gasteiger partial charge >= 0.3 is 0 Å². The monoisotopic (exact) mass is 278 g/mol. The van der Waals surface area contributed by atoms with Crippen LogP contribution in [0.4, 0.5) is 5.69 Å². The lowest BCUT2D eigenvalue weighted by Gasteiger charge is -2.14. The van der Waals surface area contributed by atoms with Crippen molar-refractivity contribution in [2.45, 2.75) is 52.5 Å². The van der Waals surface area contributed by atoms with Crippen LogP contribution in [-0.2, 0) is 11.2 Å². The maximum atomic E-state index is 11.8. The van der Waals surface area contributed by atoms with Crippen molar-refractivity contribution in [3.8, 4) is 5.75 Å². The minimum Gasteiger partial charge on any atom is -0.492 e. The van der Waals surface area contributed by atoms with E-state index >= 15 is 0 Å². The summed E-state index contributed by atoms with van der Waals surface area (Å²) >= 11 is 0. The van der Waals surface area contributed by atoms with Gasteiger partial charge in [-0.3, -0.25) is 4.79 Å². The number of hydrogen-bond acceptors (Lipinski definition) is 3. The molecule has 0 heterocycles. The number of anilines is 1. The lowest BCUT2D eigenvalue weighted by Crippen LogP contribution is -2.18. The summed E-state index contributed by atoms with van der Waals surface area (Å²) in [4.78, 5) is 11.8. The predicted octanol–water partition coefficient (Wildman–Crippen LogP) is 3.10. The first-order chi connectivity index (χ1) is 9.56. The summed E-state index contributed by atoms with van der Waals surface area (Å²) in [5.41, 5.74) is 7.67. The molecule has 0 aliphatic rings. The molecular formula is C16H26N2O2. The molecule has 20 heavy (non-hydrogen) atoms. The van der Waals surface area contributed by atoms with Crippen molar-refractivity contribution < 1.29 is 9.53 Å². The number of benzene rings is 1. The number of nitrogens with two attached hydrogens (primary N) is 1. The second kappa shape index (κ2) is 8.59. The Balaban J connectivity index is 2.80. The van der Waals surface area contributed by atoms with Gasteiger partial charge in [-0.15, -0.1) is 0 Å². The van der Waals surface area contributed by atoms with Crippen molar-refractivity contribution in [1.29, 1.82) is 0 Å². The van der Waals surface area contributed by atoms with Crippen molar-refractivity contribution in [3.05, 3.63) is 23.8 Å². The van der Waals surface area contributed by atoms with Gasteiger partial charge in [0.2, 0.25) is 5.91 Å². The number of unbranched alkanes of at least 4 members (excludes halogenated alkanes) is 1. The van der Waals surface area contributed by atoms with Crippen LogP contribution in [-0.4, -0.2) is 18.6 Å². The Morgan fingerprint density at radius 1 is 1.40 bits per heavy atom. The summed E-state index contributed by atoms with van der Waals surface area (Å²) in [7, 11) is 0. The summed E-state index contributed by atoms with van der Waals surface area (Å²) in [6, 6.07) is 5.95. The molecule has 1 aromatic rings. The molecule has 3 N–H and O–H groups in total. The van der Waals surface area contributed by atoms with Gasteiger partial charge in [-0.1, -0.05) is 19.4 Å². The third-order valence-corrected chi connectivity index (χ3v) is 2.94. The Morgan fingerprint density at radius 2 is 2.15 bits per heavy atom. The van der Waals surface area contributed by atoms with E-state index in [2.05, 4.69) is 12.2 Å². The van der Waals surface area contributed by atoms with E-state index in [4.69, 9.17) is 10.5 Å². The van der Waals surface area contributed by atoms with Gasteiger partial charge in [-0.2, -0.15) is 0 Å². The number of nitrogens with one attached hydrogen (secondary N) is 1. The molecule has 0 saturated carbocycles. The maximum absolute atomic E-state index is 11.8. The van der Waals surface area contributed by atoms with Crippen molar-refractivity contribution in [2.75, 3.05) is 11.9 Å². The Labute approximate surface area is 121 Å². The van der Waals surface area contributed by atoms with Crippen molar-refractivity contribution in [3.63, 3.8) is 0 Å². The molecule has 0 aromatic heterocycles. The summed E-state index contributed by atoms with van der Waals surface area (Å²) in [5.74, 6) is 0.753. The highest BCUT2D eigenvalue weighted by molar-refractivity contribution is 5.92. The van der Waals surface area contributed by atoms with Gasteiger partial charge in [0.05, 0.1) is 12.3 Å². The molecule has 1 rings (SSSR count). The molecule has 0 bridgehead atoms. The van der Waals surface area contributed by atoms with Gasteiger partial charge in [0.15, 0.2) is 0 Å². The van der Waals surface area contributed by atoms with Gasteiger partial charge in [0, 0.05) is 12.5 Å². The standard InChI is InChI=1S/C16H26N2O2/c1-4-6-7-16(19)18-14-9-8-13(10-12(3)17)11-15(14)20-5-2/h8-9,11-12H,4-7,10,17H2,1-3H3,(H,18,19). The lowest BCUT2D eigenvalue weighted by molar-refractivity contribution is -0.116. The van der Waals surface area contributed by atoms with Crippen LogP contribution < -0.4 is 15.8 Å². The molecule has 1 unspecified atom stereocenters. The van der Waals surface area contributed by atoms with Crippen LogP contribution in [0.1, 0.15) is 45.6 Å². The number of carbonyl (C=O) groups excluding carboxylic acids is 1. The number of amides is 1. The van der Waals surface area contributed by atoms with Crippen molar-refractivity contribution >= 4 is 11.6 Å². The second-order valence-corrected chi connectivity index (χ2v) is 5.10. The second-order valence-electron chi connectivity index (χ2n) is 5.10. The third kappa shape index (κ3) is 5.61. The van der Waals surface area contributed by atoms with E-state index in [0.29, 0.717) is 13.0 Å². The molecule has 1 amide bonds. The average Bonchev–Trinajstić information content (AvgIpc) is 2.39. The van der Waals surface area contributed by atoms with Gasteiger partial charge < -0.3 is 15.8 Å². The minimum absolute atomic E-state index is 0.0349. The van der Waals surface area contributed by atoms with Crippen LogP contribution >= 0.6 is 0 Å². The Bertz CT molecular complexity index is 430. The SMILES string of the molecule is CCCCC(=O)Nc1ccc(CC(C)N)cc1OCC. The van der Waals surface area contributed by atoms with E-state index < -0.39 is 0 Å². The molecule has 0 aliphatic carbocycles. The van der Waals surface area contributed by atoms with Crippen LogP contribution in [0.3, 0.4) is 0 Å². The molecular weight excluding hydrogens is 252 g/mol. The first-order valence-electron chi connectivity index (χ1n) is 7.38. The predicted molar refractivity (Wildman–Crippen MR) is 83.1 cm³/mol. The van der Waals surface area contributed by atoms with Crippen molar-refractivity contribution in [2.24, 2.45) is 5.73 Å². The molecule has 0 radical (unpaired) electrons. The van der Waals surface area contributed by atoms with Crippen LogP contribution in [0.2, 0.25) is 0 Å². The van der Waals surface area contributed by atoms with Gasteiger partial charge in [0.25, 0.3) is 0 Å². The fourth-order valence-corrected chi connectivity index (χ4v) is 1.99. The fraction of sp³-hybridized carbons (Fsp3) is 0.562. The number of hydrogen-bond donors (Lipinski definition) is 2. The minimum atomic E-state index is 0.0349. The molecule has 0 aliphatic heterocycles. The Hall–Kier alpha value is -1.55. The molecule has 0 saturated heterocycles. The highest BCUT2D eigenvalue weighted by atomic mass is 16.5. The van der Waals surface area contributed by atoms with Gasteiger partial charge in [0.1, 0.15) is 5.75 Å². The largest absolute Gasteiger partial charge is 0.492 e. The van der Waals surface area contributed by atoms with Crippen LogP contribution in [0.5, 0.6) is 5.75 Å². The fourth-order valence-electron chi connectivity index (χ4n) is 1.99. The van der Waals surface area contributed by atoms with Gasteiger partial charge in [-0.05, 0) is 44.4 Å². The average molecular weight is 278 g/mol. The Morgan fingerprint density at radius 3 is 2.75 bits per heavy atom.